The highest BCUT2D eigenvalue weighted by atomic mass is 19.4. The highest BCUT2D eigenvalue weighted by molar-refractivity contribution is 5.80. The molecule has 0 amide bonds. The van der Waals surface area contributed by atoms with Crippen LogP contribution in [0.2, 0.25) is 0 Å². The summed E-state index contributed by atoms with van der Waals surface area (Å²) in [5.41, 5.74) is 0.891. The minimum Gasteiger partial charge on any atom is -0.367 e. The highest BCUT2D eigenvalue weighted by Gasteiger charge is 2.29. The molecule has 28 heavy (non-hydrogen) atoms. The Balaban J connectivity index is 1.86. The van der Waals surface area contributed by atoms with E-state index in [-0.39, 0.29) is 18.0 Å². The van der Waals surface area contributed by atoms with Gasteiger partial charge in [-0.15, -0.1) is 0 Å². The molecule has 0 aliphatic carbocycles. The summed E-state index contributed by atoms with van der Waals surface area (Å²) in [6, 6.07) is 6.24. The molecule has 0 bridgehead atoms. The number of halogens is 4. The van der Waals surface area contributed by atoms with Gasteiger partial charge in [0.1, 0.15) is 11.9 Å². The van der Waals surface area contributed by atoms with Crippen LogP contribution in [0.4, 0.5) is 17.6 Å². The molecule has 1 aromatic rings. The van der Waals surface area contributed by atoms with Crippen molar-refractivity contribution in [3.05, 3.63) is 35.6 Å². The summed E-state index contributed by atoms with van der Waals surface area (Å²) in [7, 11) is 3.13. The second-order valence-corrected chi connectivity index (χ2v) is 7.07. The number of nitrogens with one attached hydrogen (secondary N) is 1. The SMILES string of the molecule is CN=C(NCCCN(C)CC(F)(F)F)N1CC(C)OC(c2ccc(F)cc2)C1. The molecule has 1 heterocycles. The zero-order valence-electron chi connectivity index (χ0n) is 16.5. The summed E-state index contributed by atoms with van der Waals surface area (Å²) in [4.78, 5) is 7.60. The third kappa shape index (κ3) is 7.27. The molecular weight excluding hydrogens is 376 g/mol. The Labute approximate surface area is 163 Å². The van der Waals surface area contributed by atoms with Gasteiger partial charge in [0, 0.05) is 20.1 Å². The van der Waals surface area contributed by atoms with Crippen molar-refractivity contribution in [2.24, 2.45) is 4.99 Å². The Morgan fingerprint density at radius 3 is 2.57 bits per heavy atom. The Kier molecular flexibility index (Phi) is 8.06. The molecule has 0 spiro atoms. The van der Waals surface area contributed by atoms with E-state index in [0.717, 1.165) is 5.56 Å². The topological polar surface area (TPSA) is 40.1 Å². The lowest BCUT2D eigenvalue weighted by molar-refractivity contribution is -0.143. The van der Waals surface area contributed by atoms with Crippen molar-refractivity contribution in [2.75, 3.05) is 46.8 Å². The van der Waals surface area contributed by atoms with Gasteiger partial charge in [-0.25, -0.2) is 4.39 Å². The first-order valence-corrected chi connectivity index (χ1v) is 9.29. The maximum atomic E-state index is 13.2. The summed E-state index contributed by atoms with van der Waals surface area (Å²) < 4.78 is 56.2. The third-order valence-corrected chi connectivity index (χ3v) is 4.46. The Morgan fingerprint density at radius 1 is 1.29 bits per heavy atom. The van der Waals surface area contributed by atoms with E-state index in [4.69, 9.17) is 4.74 Å². The maximum absolute atomic E-state index is 13.2. The van der Waals surface area contributed by atoms with Crippen LogP contribution in [0.15, 0.2) is 29.3 Å². The summed E-state index contributed by atoms with van der Waals surface area (Å²) in [5, 5.41) is 3.21. The van der Waals surface area contributed by atoms with E-state index < -0.39 is 12.7 Å². The molecule has 9 heteroatoms. The summed E-state index contributed by atoms with van der Waals surface area (Å²) in [6.07, 6.45) is -3.87. The lowest BCUT2D eigenvalue weighted by Gasteiger charge is -2.38. The van der Waals surface area contributed by atoms with Gasteiger partial charge in [-0.1, -0.05) is 12.1 Å². The fourth-order valence-corrected chi connectivity index (χ4v) is 3.25. The zero-order chi connectivity index (χ0) is 20.7. The van der Waals surface area contributed by atoms with Gasteiger partial charge in [0.2, 0.25) is 0 Å². The van der Waals surface area contributed by atoms with E-state index in [1.165, 1.54) is 24.1 Å². The first-order valence-electron chi connectivity index (χ1n) is 9.29. The molecule has 0 saturated carbocycles. The van der Waals surface area contributed by atoms with Gasteiger partial charge >= 0.3 is 6.18 Å². The lowest BCUT2D eigenvalue weighted by Crippen LogP contribution is -2.51. The van der Waals surface area contributed by atoms with Crippen molar-refractivity contribution in [3.8, 4) is 0 Å². The molecule has 1 saturated heterocycles. The van der Waals surface area contributed by atoms with Crippen LogP contribution in [0.3, 0.4) is 0 Å². The molecule has 1 aliphatic rings. The molecule has 1 N–H and O–H groups in total. The largest absolute Gasteiger partial charge is 0.401 e. The number of guanidine groups is 1. The van der Waals surface area contributed by atoms with Gasteiger partial charge in [0.25, 0.3) is 0 Å². The van der Waals surface area contributed by atoms with Crippen LogP contribution in [0.25, 0.3) is 0 Å². The van der Waals surface area contributed by atoms with Crippen LogP contribution in [0, 0.1) is 5.82 Å². The number of hydrogen-bond donors (Lipinski definition) is 1. The first-order chi connectivity index (χ1) is 13.2. The number of benzene rings is 1. The van der Waals surface area contributed by atoms with Crippen molar-refractivity contribution >= 4 is 5.96 Å². The number of alkyl halides is 3. The van der Waals surface area contributed by atoms with Crippen molar-refractivity contribution in [1.29, 1.82) is 0 Å². The van der Waals surface area contributed by atoms with Crippen LogP contribution < -0.4 is 5.32 Å². The highest BCUT2D eigenvalue weighted by Crippen LogP contribution is 2.25. The molecule has 5 nitrogen and oxygen atoms in total. The van der Waals surface area contributed by atoms with Crippen molar-refractivity contribution in [2.45, 2.75) is 31.7 Å². The molecular formula is C19H28F4N4O. The second kappa shape index (κ2) is 10.1. The second-order valence-electron chi connectivity index (χ2n) is 7.07. The van der Waals surface area contributed by atoms with Gasteiger partial charge in [0.15, 0.2) is 5.96 Å². The average Bonchev–Trinajstić information content (AvgIpc) is 2.60. The monoisotopic (exact) mass is 404 g/mol. The first kappa shape index (κ1) is 22.4. The van der Waals surface area contributed by atoms with Gasteiger partial charge in [-0.2, -0.15) is 13.2 Å². The molecule has 1 aromatic carbocycles. The fraction of sp³-hybridized carbons (Fsp3) is 0.632. The Hall–Kier alpha value is -1.87. The maximum Gasteiger partial charge on any atom is 0.401 e. The van der Waals surface area contributed by atoms with Crippen LogP contribution in [-0.4, -0.2) is 74.9 Å². The molecule has 0 aromatic heterocycles. The van der Waals surface area contributed by atoms with E-state index in [9.17, 15) is 17.6 Å². The summed E-state index contributed by atoms with van der Waals surface area (Å²) in [5.74, 6) is 0.387. The Morgan fingerprint density at radius 2 is 1.96 bits per heavy atom. The minimum atomic E-state index is -4.18. The number of morpholine rings is 1. The average molecular weight is 404 g/mol. The van der Waals surface area contributed by atoms with Crippen LogP contribution in [0.1, 0.15) is 25.0 Å². The van der Waals surface area contributed by atoms with E-state index in [2.05, 4.69) is 15.2 Å². The summed E-state index contributed by atoms with van der Waals surface area (Å²) in [6.45, 7) is 3.10. The fourth-order valence-electron chi connectivity index (χ4n) is 3.25. The molecule has 1 aliphatic heterocycles. The van der Waals surface area contributed by atoms with Gasteiger partial charge in [-0.05, 0) is 44.6 Å². The van der Waals surface area contributed by atoms with Gasteiger partial charge in [0.05, 0.1) is 19.2 Å². The number of aliphatic imine (C=N–C) groups is 1. The third-order valence-electron chi connectivity index (χ3n) is 4.46. The van der Waals surface area contributed by atoms with Gasteiger partial charge < -0.3 is 15.0 Å². The molecule has 2 atom stereocenters. The van der Waals surface area contributed by atoms with Crippen LogP contribution in [-0.2, 0) is 4.74 Å². The molecule has 158 valence electrons. The smallest absolute Gasteiger partial charge is 0.367 e. The van der Waals surface area contributed by atoms with Crippen LogP contribution in [0.5, 0.6) is 0 Å². The quantitative estimate of drug-likeness (QED) is 0.343. The molecule has 0 radical (unpaired) electrons. The predicted molar refractivity (Wildman–Crippen MR) is 101 cm³/mol. The molecule has 2 rings (SSSR count). The van der Waals surface area contributed by atoms with E-state index >= 15 is 0 Å². The number of nitrogens with zero attached hydrogens (tertiary/aromatic N) is 3. The standard InChI is InChI=1S/C19H28F4N4O/c1-14-11-27(12-17(28-14)15-5-7-16(20)8-6-15)18(24-2)25-9-4-10-26(3)13-19(21,22)23/h5-8,14,17H,4,9-13H2,1-3H3,(H,24,25). The molecule has 2 unspecified atom stereocenters. The lowest BCUT2D eigenvalue weighted by atomic mass is 10.1. The number of ether oxygens (including phenoxy) is 1. The zero-order valence-corrected chi connectivity index (χ0v) is 16.5. The molecule has 1 fully saturated rings. The Bertz CT molecular complexity index is 636. The van der Waals surface area contributed by atoms with E-state index in [1.54, 1.807) is 19.2 Å². The van der Waals surface area contributed by atoms with E-state index in [0.29, 0.717) is 38.6 Å². The normalized spacial score (nSPS) is 21.3. The van der Waals surface area contributed by atoms with E-state index in [1.807, 2.05) is 6.92 Å². The minimum absolute atomic E-state index is 0.0414. The van der Waals surface area contributed by atoms with Crippen LogP contribution >= 0.6 is 0 Å². The van der Waals surface area contributed by atoms with Crippen molar-refractivity contribution < 1.29 is 22.3 Å². The van der Waals surface area contributed by atoms with Crippen molar-refractivity contribution in [1.82, 2.24) is 15.1 Å². The number of hydrogen-bond acceptors (Lipinski definition) is 3. The van der Waals surface area contributed by atoms with Gasteiger partial charge in [-0.3, -0.25) is 9.89 Å². The summed E-state index contributed by atoms with van der Waals surface area (Å²) >= 11 is 0. The van der Waals surface area contributed by atoms with Crippen molar-refractivity contribution in [3.63, 3.8) is 0 Å². The number of rotatable bonds is 6. The predicted octanol–water partition coefficient (Wildman–Crippen LogP) is 3.05.